The second-order valence-corrected chi connectivity index (χ2v) is 6.64. The number of hydrogen-bond acceptors (Lipinski definition) is 5. The van der Waals surface area contributed by atoms with Gasteiger partial charge in [-0.15, -0.1) is 0 Å². The fraction of sp³-hybridized carbons (Fsp3) is 0.350. The van der Waals surface area contributed by atoms with E-state index in [0.29, 0.717) is 36.3 Å². The maximum Gasteiger partial charge on any atom is 0.240 e. The van der Waals surface area contributed by atoms with E-state index < -0.39 is 0 Å². The Kier molecular flexibility index (Phi) is 5.02. The van der Waals surface area contributed by atoms with Gasteiger partial charge in [-0.2, -0.15) is 4.98 Å². The Labute approximate surface area is 151 Å². The highest BCUT2D eigenvalue weighted by Crippen LogP contribution is 2.31. The van der Waals surface area contributed by atoms with Crippen molar-refractivity contribution in [3.63, 3.8) is 0 Å². The molecule has 1 atom stereocenters. The molecule has 2 aromatic heterocycles. The number of benzene rings is 1. The molecule has 0 radical (unpaired) electrons. The molecule has 0 bridgehead atoms. The first-order valence-corrected chi connectivity index (χ1v) is 8.98. The highest BCUT2D eigenvalue weighted by atomic mass is 19.1. The number of nitrogens with zero attached hydrogens (tertiary/aromatic N) is 4. The molecule has 0 N–H and O–H groups in total. The molecule has 5 nitrogen and oxygen atoms in total. The fourth-order valence-corrected chi connectivity index (χ4v) is 3.54. The molecule has 1 aromatic carbocycles. The van der Waals surface area contributed by atoms with Gasteiger partial charge in [0.05, 0.1) is 6.54 Å². The second-order valence-electron chi connectivity index (χ2n) is 6.64. The molecule has 1 aliphatic heterocycles. The highest BCUT2D eigenvalue weighted by Gasteiger charge is 2.25. The molecular formula is C20H21FN4O. The van der Waals surface area contributed by atoms with Crippen molar-refractivity contribution in [2.24, 2.45) is 0 Å². The van der Waals surface area contributed by atoms with Crippen LogP contribution < -0.4 is 0 Å². The first kappa shape index (κ1) is 16.8. The SMILES string of the molecule is Fc1ccccc1Cc1noc(CN2CCCCC2c2cccnc2)n1. The van der Waals surface area contributed by atoms with Crippen molar-refractivity contribution in [3.05, 3.63) is 77.5 Å². The summed E-state index contributed by atoms with van der Waals surface area (Å²) in [6, 6.07) is 11.1. The van der Waals surface area contributed by atoms with E-state index in [2.05, 4.69) is 26.1 Å². The van der Waals surface area contributed by atoms with Crippen molar-refractivity contribution in [1.82, 2.24) is 20.0 Å². The topological polar surface area (TPSA) is 55.1 Å². The van der Waals surface area contributed by atoms with Gasteiger partial charge in [0.25, 0.3) is 0 Å². The molecule has 1 fully saturated rings. The van der Waals surface area contributed by atoms with Crippen LogP contribution in [0.4, 0.5) is 4.39 Å². The average Bonchev–Trinajstić information content (AvgIpc) is 3.12. The minimum absolute atomic E-state index is 0.244. The Morgan fingerprint density at radius 3 is 2.92 bits per heavy atom. The Morgan fingerprint density at radius 2 is 2.08 bits per heavy atom. The maximum absolute atomic E-state index is 13.8. The van der Waals surface area contributed by atoms with E-state index in [1.54, 1.807) is 18.3 Å². The predicted molar refractivity (Wildman–Crippen MR) is 94.7 cm³/mol. The minimum atomic E-state index is -0.244. The third-order valence-electron chi connectivity index (χ3n) is 4.84. The molecule has 1 saturated heterocycles. The summed E-state index contributed by atoms with van der Waals surface area (Å²) in [5, 5.41) is 4.02. The molecule has 1 unspecified atom stereocenters. The van der Waals surface area contributed by atoms with Gasteiger partial charge in [-0.05, 0) is 42.6 Å². The van der Waals surface area contributed by atoms with Crippen molar-refractivity contribution in [2.45, 2.75) is 38.3 Å². The lowest BCUT2D eigenvalue weighted by molar-refractivity contribution is 0.123. The van der Waals surface area contributed by atoms with Gasteiger partial charge in [0.2, 0.25) is 5.89 Å². The van der Waals surface area contributed by atoms with Gasteiger partial charge in [-0.25, -0.2) is 4.39 Å². The Morgan fingerprint density at radius 1 is 1.15 bits per heavy atom. The summed E-state index contributed by atoms with van der Waals surface area (Å²) >= 11 is 0. The summed E-state index contributed by atoms with van der Waals surface area (Å²) < 4.78 is 19.2. The molecule has 0 amide bonds. The summed E-state index contributed by atoms with van der Waals surface area (Å²) in [5.41, 5.74) is 1.80. The molecule has 6 heteroatoms. The van der Waals surface area contributed by atoms with E-state index in [1.807, 2.05) is 18.3 Å². The molecule has 0 aliphatic carbocycles. The van der Waals surface area contributed by atoms with Crippen molar-refractivity contribution in [1.29, 1.82) is 0 Å². The van der Waals surface area contributed by atoms with E-state index in [0.717, 1.165) is 19.4 Å². The van der Waals surface area contributed by atoms with E-state index in [4.69, 9.17) is 4.52 Å². The zero-order valence-electron chi connectivity index (χ0n) is 14.5. The zero-order chi connectivity index (χ0) is 17.8. The monoisotopic (exact) mass is 352 g/mol. The van der Waals surface area contributed by atoms with Crippen LogP contribution in [0.5, 0.6) is 0 Å². The Balaban J connectivity index is 1.46. The standard InChI is InChI=1S/C20H21FN4O/c21-17-8-2-1-6-15(17)12-19-23-20(26-24-19)14-25-11-4-3-9-18(25)16-7-5-10-22-13-16/h1-2,5-8,10,13,18H,3-4,9,11-12,14H2. The number of likely N-dealkylation sites (tertiary alicyclic amines) is 1. The summed E-state index contributed by atoms with van der Waals surface area (Å²) in [6.07, 6.45) is 7.53. The van der Waals surface area contributed by atoms with Crippen LogP contribution in [0.15, 0.2) is 53.3 Å². The zero-order valence-corrected chi connectivity index (χ0v) is 14.5. The number of aromatic nitrogens is 3. The van der Waals surface area contributed by atoms with Crippen LogP contribution in [0.1, 0.15) is 48.1 Å². The molecule has 3 heterocycles. The Bertz CT molecular complexity index is 852. The van der Waals surface area contributed by atoms with Gasteiger partial charge >= 0.3 is 0 Å². The van der Waals surface area contributed by atoms with E-state index in [1.165, 1.54) is 18.1 Å². The van der Waals surface area contributed by atoms with Gasteiger partial charge in [0, 0.05) is 24.9 Å². The van der Waals surface area contributed by atoms with Crippen molar-refractivity contribution < 1.29 is 8.91 Å². The lowest BCUT2D eigenvalue weighted by Crippen LogP contribution is -2.33. The van der Waals surface area contributed by atoms with Crippen LogP contribution in [0.2, 0.25) is 0 Å². The van der Waals surface area contributed by atoms with Crippen molar-refractivity contribution >= 4 is 0 Å². The summed E-state index contributed by atoms with van der Waals surface area (Å²) in [6.45, 7) is 1.59. The molecule has 0 saturated carbocycles. The first-order valence-electron chi connectivity index (χ1n) is 8.98. The molecule has 26 heavy (non-hydrogen) atoms. The molecular weight excluding hydrogens is 331 g/mol. The van der Waals surface area contributed by atoms with Crippen LogP contribution in [0.3, 0.4) is 0 Å². The quantitative estimate of drug-likeness (QED) is 0.696. The number of piperidine rings is 1. The molecule has 134 valence electrons. The number of hydrogen-bond donors (Lipinski definition) is 0. The average molecular weight is 352 g/mol. The highest BCUT2D eigenvalue weighted by molar-refractivity contribution is 5.20. The summed E-state index contributed by atoms with van der Waals surface area (Å²) in [5.74, 6) is 0.846. The van der Waals surface area contributed by atoms with Crippen LogP contribution in [0, 0.1) is 5.82 Å². The van der Waals surface area contributed by atoms with Crippen LogP contribution >= 0.6 is 0 Å². The number of pyridine rings is 1. The molecule has 3 aromatic rings. The van der Waals surface area contributed by atoms with E-state index in [-0.39, 0.29) is 5.82 Å². The number of halogens is 1. The van der Waals surface area contributed by atoms with Gasteiger partial charge < -0.3 is 4.52 Å². The molecule has 1 aliphatic rings. The van der Waals surface area contributed by atoms with Crippen LogP contribution in [-0.2, 0) is 13.0 Å². The van der Waals surface area contributed by atoms with E-state index in [9.17, 15) is 4.39 Å². The van der Waals surface area contributed by atoms with Gasteiger partial charge in [-0.1, -0.05) is 35.8 Å². The summed E-state index contributed by atoms with van der Waals surface area (Å²) in [4.78, 5) is 11.1. The van der Waals surface area contributed by atoms with Crippen LogP contribution in [-0.4, -0.2) is 26.6 Å². The third-order valence-corrected chi connectivity index (χ3v) is 4.84. The van der Waals surface area contributed by atoms with Gasteiger partial charge in [0.15, 0.2) is 5.82 Å². The first-order chi connectivity index (χ1) is 12.8. The van der Waals surface area contributed by atoms with Crippen molar-refractivity contribution in [2.75, 3.05) is 6.54 Å². The van der Waals surface area contributed by atoms with E-state index >= 15 is 0 Å². The van der Waals surface area contributed by atoms with Gasteiger partial charge in [-0.3, -0.25) is 9.88 Å². The lowest BCUT2D eigenvalue weighted by atomic mass is 9.96. The smallest absolute Gasteiger partial charge is 0.240 e. The second kappa shape index (κ2) is 7.74. The summed E-state index contributed by atoms with van der Waals surface area (Å²) in [7, 11) is 0. The van der Waals surface area contributed by atoms with Crippen LogP contribution in [0.25, 0.3) is 0 Å². The Hall–Kier alpha value is -2.60. The lowest BCUT2D eigenvalue weighted by Gasteiger charge is -2.34. The van der Waals surface area contributed by atoms with Gasteiger partial charge in [0.1, 0.15) is 5.82 Å². The normalized spacial score (nSPS) is 18.1. The largest absolute Gasteiger partial charge is 0.338 e. The third kappa shape index (κ3) is 3.80. The molecule has 4 rings (SSSR count). The molecule has 0 spiro atoms. The maximum atomic E-state index is 13.8. The van der Waals surface area contributed by atoms with Crippen molar-refractivity contribution in [3.8, 4) is 0 Å². The minimum Gasteiger partial charge on any atom is -0.338 e. The fourth-order valence-electron chi connectivity index (χ4n) is 3.54. The predicted octanol–water partition coefficient (Wildman–Crippen LogP) is 3.92. The number of rotatable bonds is 5.